The second kappa shape index (κ2) is 10.1. The van der Waals surface area contributed by atoms with Crippen LogP contribution in [0.1, 0.15) is 43.4 Å². The molecule has 3 aromatic carbocycles. The number of para-hydroxylation sites is 1. The van der Waals surface area contributed by atoms with Crippen LogP contribution in [0.3, 0.4) is 0 Å². The molecule has 35 heavy (non-hydrogen) atoms. The Morgan fingerprint density at radius 3 is 2.46 bits per heavy atom. The number of hydrogen-bond donors (Lipinski definition) is 0. The van der Waals surface area contributed by atoms with Crippen molar-refractivity contribution in [1.82, 2.24) is 9.66 Å². The molecule has 0 unspecified atom stereocenters. The van der Waals surface area contributed by atoms with E-state index in [0.717, 1.165) is 33.7 Å². The van der Waals surface area contributed by atoms with Crippen LogP contribution in [0.4, 0.5) is 5.69 Å². The summed E-state index contributed by atoms with van der Waals surface area (Å²) in [5.74, 6) is 1.62. The molecular formula is C29H32N4O2. The molecule has 6 heteroatoms. The fourth-order valence-corrected chi connectivity index (χ4v) is 4.06. The monoisotopic (exact) mass is 468 g/mol. The van der Waals surface area contributed by atoms with Crippen LogP contribution < -0.4 is 15.2 Å². The average molecular weight is 469 g/mol. The Morgan fingerprint density at radius 2 is 1.80 bits per heavy atom. The van der Waals surface area contributed by atoms with Crippen LogP contribution in [0.15, 0.2) is 70.6 Å². The summed E-state index contributed by atoms with van der Waals surface area (Å²) >= 11 is 0. The lowest BCUT2D eigenvalue weighted by Gasteiger charge is -2.18. The van der Waals surface area contributed by atoms with Gasteiger partial charge in [-0.15, -0.1) is 0 Å². The normalized spacial score (nSPS) is 11.5. The third kappa shape index (κ3) is 4.97. The Morgan fingerprint density at radius 1 is 1.09 bits per heavy atom. The summed E-state index contributed by atoms with van der Waals surface area (Å²) in [6, 6.07) is 19.5. The molecule has 4 aromatic rings. The number of benzene rings is 3. The SMILES string of the molecule is CCOc1cc(C)c(-c2nc3ccccc3c(=O)n2N=Cc2ccc(N(C)C)cc2)cc1C(C)C. The molecule has 0 saturated heterocycles. The Bertz CT molecular complexity index is 1430. The molecule has 0 amide bonds. The van der Waals surface area contributed by atoms with Crippen molar-refractivity contribution in [2.45, 2.75) is 33.6 Å². The van der Waals surface area contributed by atoms with Crippen LogP contribution in [0.5, 0.6) is 5.75 Å². The molecule has 4 rings (SSSR count). The van der Waals surface area contributed by atoms with Crippen molar-refractivity contribution in [3.8, 4) is 17.1 Å². The van der Waals surface area contributed by atoms with Crippen LogP contribution in [-0.2, 0) is 0 Å². The summed E-state index contributed by atoms with van der Waals surface area (Å²) in [5, 5.41) is 5.15. The fraction of sp³-hybridized carbons (Fsp3) is 0.276. The molecule has 0 atom stereocenters. The minimum Gasteiger partial charge on any atom is -0.494 e. The second-order valence-corrected chi connectivity index (χ2v) is 9.09. The molecule has 1 heterocycles. The van der Waals surface area contributed by atoms with E-state index in [-0.39, 0.29) is 11.5 Å². The van der Waals surface area contributed by atoms with Gasteiger partial charge in [0.15, 0.2) is 5.82 Å². The van der Waals surface area contributed by atoms with Crippen LogP contribution in [0.2, 0.25) is 0 Å². The molecule has 6 nitrogen and oxygen atoms in total. The Labute approximate surface area is 206 Å². The Balaban J connectivity index is 1.92. The molecule has 0 saturated carbocycles. The minimum atomic E-state index is -0.203. The van der Waals surface area contributed by atoms with E-state index in [2.05, 4.69) is 25.0 Å². The first-order valence-electron chi connectivity index (χ1n) is 11.9. The summed E-state index contributed by atoms with van der Waals surface area (Å²) < 4.78 is 7.32. The van der Waals surface area contributed by atoms with Crippen molar-refractivity contribution >= 4 is 22.8 Å². The van der Waals surface area contributed by atoms with E-state index in [4.69, 9.17) is 9.72 Å². The lowest BCUT2D eigenvalue weighted by Crippen LogP contribution is -2.21. The zero-order chi connectivity index (χ0) is 25.1. The predicted molar refractivity (Wildman–Crippen MR) is 145 cm³/mol. The smallest absolute Gasteiger partial charge is 0.282 e. The highest BCUT2D eigenvalue weighted by Gasteiger charge is 2.18. The number of aromatic nitrogens is 2. The van der Waals surface area contributed by atoms with Crippen molar-refractivity contribution in [3.63, 3.8) is 0 Å². The lowest BCUT2D eigenvalue weighted by atomic mass is 9.96. The maximum Gasteiger partial charge on any atom is 0.282 e. The first-order valence-corrected chi connectivity index (χ1v) is 11.9. The first-order chi connectivity index (χ1) is 16.8. The van der Waals surface area contributed by atoms with Crippen LogP contribution in [0.25, 0.3) is 22.3 Å². The fourth-order valence-electron chi connectivity index (χ4n) is 4.06. The zero-order valence-electron chi connectivity index (χ0n) is 21.2. The van der Waals surface area contributed by atoms with Gasteiger partial charge in [-0.25, -0.2) is 4.98 Å². The third-order valence-corrected chi connectivity index (χ3v) is 6.01. The molecule has 0 fully saturated rings. The van der Waals surface area contributed by atoms with Gasteiger partial charge in [0, 0.05) is 25.3 Å². The Kier molecular flexibility index (Phi) is 7.01. The number of hydrogen-bond acceptors (Lipinski definition) is 5. The molecule has 0 spiro atoms. The summed E-state index contributed by atoms with van der Waals surface area (Å²) in [7, 11) is 4.00. The predicted octanol–water partition coefficient (Wildman–Crippen LogP) is 5.84. The van der Waals surface area contributed by atoms with Crippen LogP contribution in [0, 0.1) is 6.92 Å². The quantitative estimate of drug-likeness (QED) is 0.320. The van der Waals surface area contributed by atoms with Gasteiger partial charge in [-0.3, -0.25) is 4.79 Å². The van der Waals surface area contributed by atoms with Gasteiger partial charge in [0.1, 0.15) is 5.75 Å². The molecule has 0 N–H and O–H groups in total. The molecule has 0 aliphatic heterocycles. The third-order valence-electron chi connectivity index (χ3n) is 6.01. The van der Waals surface area contributed by atoms with Gasteiger partial charge in [0.25, 0.3) is 5.56 Å². The molecule has 180 valence electrons. The van der Waals surface area contributed by atoms with Crippen LogP contribution >= 0.6 is 0 Å². The van der Waals surface area contributed by atoms with E-state index in [1.54, 1.807) is 12.3 Å². The van der Waals surface area contributed by atoms with E-state index in [1.165, 1.54) is 4.68 Å². The first kappa shape index (κ1) is 24.2. The van der Waals surface area contributed by atoms with Crippen LogP contribution in [-0.4, -0.2) is 36.6 Å². The van der Waals surface area contributed by atoms with Crippen molar-refractivity contribution in [2.24, 2.45) is 5.10 Å². The summed E-state index contributed by atoms with van der Waals surface area (Å²) in [6.45, 7) is 8.85. The average Bonchev–Trinajstić information content (AvgIpc) is 2.84. The minimum absolute atomic E-state index is 0.203. The van der Waals surface area contributed by atoms with Crippen molar-refractivity contribution in [1.29, 1.82) is 0 Å². The second-order valence-electron chi connectivity index (χ2n) is 9.09. The number of ether oxygens (including phenoxy) is 1. The number of nitrogens with zero attached hydrogens (tertiary/aromatic N) is 4. The number of aryl methyl sites for hydroxylation is 1. The van der Waals surface area contributed by atoms with Gasteiger partial charge in [0.2, 0.25) is 0 Å². The highest BCUT2D eigenvalue weighted by molar-refractivity contribution is 5.83. The molecule has 0 bridgehead atoms. The van der Waals surface area contributed by atoms with E-state index in [0.29, 0.717) is 23.3 Å². The largest absolute Gasteiger partial charge is 0.494 e. The van der Waals surface area contributed by atoms with Gasteiger partial charge in [0.05, 0.1) is 23.7 Å². The topological polar surface area (TPSA) is 59.7 Å². The Hall–Kier alpha value is -3.93. The standard InChI is InChI=1S/C29H32N4O2/c1-7-35-27-16-20(4)25(17-24(27)19(2)3)28-31-26-11-9-8-10-23(26)29(34)33(28)30-18-21-12-14-22(15-13-21)32(5)6/h8-19H,7H2,1-6H3. The van der Waals surface area contributed by atoms with E-state index in [9.17, 15) is 4.79 Å². The van der Waals surface area contributed by atoms with Gasteiger partial charge in [-0.2, -0.15) is 9.78 Å². The summed E-state index contributed by atoms with van der Waals surface area (Å²) in [4.78, 5) is 20.5. The van der Waals surface area contributed by atoms with Crippen molar-refractivity contribution in [3.05, 3.63) is 87.7 Å². The number of rotatable bonds is 7. The maximum absolute atomic E-state index is 13.6. The number of fused-ring (bicyclic) bond motifs is 1. The molecule has 0 aliphatic carbocycles. The van der Waals surface area contributed by atoms with Gasteiger partial charge < -0.3 is 9.64 Å². The van der Waals surface area contributed by atoms with Gasteiger partial charge in [-0.05, 0) is 72.9 Å². The van der Waals surface area contributed by atoms with E-state index < -0.39 is 0 Å². The summed E-state index contributed by atoms with van der Waals surface area (Å²) in [5.41, 5.74) is 5.34. The zero-order valence-corrected chi connectivity index (χ0v) is 21.2. The lowest BCUT2D eigenvalue weighted by molar-refractivity contribution is 0.335. The summed E-state index contributed by atoms with van der Waals surface area (Å²) in [6.07, 6.45) is 1.70. The maximum atomic E-state index is 13.6. The molecule has 0 aliphatic rings. The molecule has 0 radical (unpaired) electrons. The molecular weight excluding hydrogens is 436 g/mol. The highest BCUT2D eigenvalue weighted by Crippen LogP contribution is 2.34. The van der Waals surface area contributed by atoms with E-state index >= 15 is 0 Å². The van der Waals surface area contributed by atoms with E-state index in [1.807, 2.05) is 81.4 Å². The highest BCUT2D eigenvalue weighted by atomic mass is 16.5. The van der Waals surface area contributed by atoms with Crippen molar-refractivity contribution < 1.29 is 4.74 Å². The van der Waals surface area contributed by atoms with Crippen molar-refractivity contribution in [2.75, 3.05) is 25.6 Å². The molecule has 1 aromatic heterocycles. The van der Waals surface area contributed by atoms with Gasteiger partial charge >= 0.3 is 0 Å². The number of anilines is 1. The van der Waals surface area contributed by atoms with Gasteiger partial charge in [-0.1, -0.05) is 38.1 Å².